The number of fused-ring (bicyclic) bond motifs is 1. The van der Waals surface area contributed by atoms with Gasteiger partial charge in [-0.25, -0.2) is 0 Å². The number of aromatic nitrogens is 1. The minimum Gasteiger partial charge on any atom is -0.496 e. The monoisotopic (exact) mass is 592 g/mol. The quantitative estimate of drug-likeness (QED) is 0.399. The van der Waals surface area contributed by atoms with Gasteiger partial charge in [0, 0.05) is 61.6 Å². The molecule has 1 atom stereocenters. The predicted molar refractivity (Wildman–Crippen MR) is 151 cm³/mol. The Morgan fingerprint density at radius 3 is 2.14 bits per heavy atom. The van der Waals surface area contributed by atoms with Crippen LogP contribution in [0.5, 0.6) is 5.75 Å². The number of halogens is 6. The molecule has 0 amide bonds. The highest BCUT2D eigenvalue weighted by Gasteiger charge is 2.37. The summed E-state index contributed by atoms with van der Waals surface area (Å²) in [6.45, 7) is 6.97. The van der Waals surface area contributed by atoms with Crippen LogP contribution >= 0.6 is 0 Å². The molecule has 5 rings (SSSR count). The number of methoxy groups -OCH3 is 1. The Labute approximate surface area is 240 Å². The SMILES string of the molecule is C/C=c1/c2c([nH]/c1=C/C)C(c1ccc(OC)c(CN3CCN(c4cc(C(F)(F)F)cc(C(F)(F)F)c4)CC3)c1)NCC2. The Kier molecular flexibility index (Phi) is 8.35. The molecule has 3 aromatic rings. The molecule has 1 aromatic heterocycles. The number of aromatic amines is 1. The number of piperazine rings is 1. The molecule has 0 aliphatic carbocycles. The van der Waals surface area contributed by atoms with Gasteiger partial charge in [-0.2, -0.15) is 26.3 Å². The topological polar surface area (TPSA) is 43.5 Å². The molecule has 2 aliphatic rings. The lowest BCUT2D eigenvalue weighted by atomic mass is 9.93. The van der Waals surface area contributed by atoms with Crippen molar-refractivity contribution in [3.63, 3.8) is 0 Å². The van der Waals surface area contributed by atoms with Crippen LogP contribution in [0.3, 0.4) is 0 Å². The summed E-state index contributed by atoms with van der Waals surface area (Å²) in [5, 5.41) is 5.96. The van der Waals surface area contributed by atoms with Crippen molar-refractivity contribution in [1.82, 2.24) is 15.2 Å². The Hall–Kier alpha value is -3.44. The number of benzene rings is 2. The molecular weight excluding hydrogens is 558 g/mol. The molecule has 1 saturated heterocycles. The summed E-state index contributed by atoms with van der Waals surface area (Å²) in [5.74, 6) is 0.724. The lowest BCUT2D eigenvalue weighted by molar-refractivity contribution is -0.143. The van der Waals surface area contributed by atoms with E-state index in [0.717, 1.165) is 53.0 Å². The number of rotatable bonds is 5. The lowest BCUT2D eigenvalue weighted by Gasteiger charge is -2.37. The highest BCUT2D eigenvalue weighted by molar-refractivity contribution is 5.53. The van der Waals surface area contributed by atoms with Crippen molar-refractivity contribution in [3.8, 4) is 5.75 Å². The van der Waals surface area contributed by atoms with Gasteiger partial charge in [0.1, 0.15) is 5.75 Å². The average Bonchev–Trinajstić information content (AvgIpc) is 3.34. The van der Waals surface area contributed by atoms with Crippen LogP contribution in [0, 0.1) is 0 Å². The van der Waals surface area contributed by atoms with Gasteiger partial charge in [-0.05, 0) is 66.9 Å². The first-order valence-electron chi connectivity index (χ1n) is 13.9. The molecular formula is C31H34F6N4O. The van der Waals surface area contributed by atoms with E-state index in [2.05, 4.69) is 33.4 Å². The van der Waals surface area contributed by atoms with Crippen molar-refractivity contribution in [2.45, 2.75) is 45.2 Å². The van der Waals surface area contributed by atoms with Gasteiger partial charge in [0.25, 0.3) is 0 Å². The smallest absolute Gasteiger partial charge is 0.416 e. The Morgan fingerprint density at radius 2 is 1.57 bits per heavy atom. The van der Waals surface area contributed by atoms with Crippen LogP contribution in [-0.4, -0.2) is 49.7 Å². The molecule has 11 heteroatoms. The van der Waals surface area contributed by atoms with Crippen LogP contribution in [0.2, 0.25) is 0 Å². The first-order chi connectivity index (χ1) is 19.9. The molecule has 1 unspecified atom stereocenters. The molecule has 2 N–H and O–H groups in total. The number of nitrogens with zero attached hydrogens (tertiary/aromatic N) is 2. The van der Waals surface area contributed by atoms with Gasteiger partial charge in [-0.3, -0.25) is 4.90 Å². The molecule has 5 nitrogen and oxygen atoms in total. The van der Waals surface area contributed by atoms with Crippen molar-refractivity contribution < 1.29 is 31.1 Å². The molecule has 2 aromatic carbocycles. The van der Waals surface area contributed by atoms with Crippen LogP contribution in [0.4, 0.5) is 32.0 Å². The normalized spacial score (nSPS) is 19.4. The second-order valence-corrected chi connectivity index (χ2v) is 10.7. The van der Waals surface area contributed by atoms with E-state index in [1.165, 1.54) is 10.8 Å². The van der Waals surface area contributed by atoms with E-state index >= 15 is 0 Å². The summed E-state index contributed by atoms with van der Waals surface area (Å²) in [6.07, 6.45) is -4.61. The van der Waals surface area contributed by atoms with Crippen molar-refractivity contribution in [2.75, 3.05) is 44.7 Å². The summed E-state index contributed by atoms with van der Waals surface area (Å²) in [5.41, 5.74) is 1.83. The van der Waals surface area contributed by atoms with Crippen LogP contribution in [0.15, 0.2) is 36.4 Å². The number of alkyl halides is 6. The molecule has 3 heterocycles. The van der Waals surface area contributed by atoms with Gasteiger partial charge in [-0.15, -0.1) is 0 Å². The average molecular weight is 593 g/mol. The summed E-state index contributed by atoms with van der Waals surface area (Å²) in [6, 6.07) is 7.85. The van der Waals surface area contributed by atoms with Crippen LogP contribution in [-0.2, 0) is 25.3 Å². The van der Waals surface area contributed by atoms with E-state index in [9.17, 15) is 26.3 Å². The number of ether oxygens (including phenoxy) is 1. The fourth-order valence-corrected chi connectivity index (χ4v) is 6.02. The summed E-state index contributed by atoms with van der Waals surface area (Å²) in [7, 11) is 1.61. The van der Waals surface area contributed by atoms with Crippen molar-refractivity contribution in [1.29, 1.82) is 0 Å². The van der Waals surface area contributed by atoms with Crippen LogP contribution in [0.1, 0.15) is 53.4 Å². The third kappa shape index (κ3) is 6.03. The van der Waals surface area contributed by atoms with E-state index in [-0.39, 0.29) is 17.8 Å². The zero-order valence-electron chi connectivity index (χ0n) is 23.7. The number of anilines is 1. The maximum Gasteiger partial charge on any atom is 0.416 e. The van der Waals surface area contributed by atoms with Crippen molar-refractivity contribution in [3.05, 3.63) is 80.5 Å². The highest BCUT2D eigenvalue weighted by atomic mass is 19.4. The van der Waals surface area contributed by atoms with Gasteiger partial charge in [0.05, 0.1) is 24.3 Å². The van der Waals surface area contributed by atoms with Crippen molar-refractivity contribution >= 4 is 17.8 Å². The summed E-state index contributed by atoms with van der Waals surface area (Å²) in [4.78, 5) is 7.31. The molecule has 2 aliphatic heterocycles. The Balaban J connectivity index is 1.35. The maximum atomic E-state index is 13.4. The molecule has 42 heavy (non-hydrogen) atoms. The second kappa shape index (κ2) is 11.7. The minimum absolute atomic E-state index is 0.0219. The fraction of sp³-hybridized carbons (Fsp3) is 0.419. The summed E-state index contributed by atoms with van der Waals surface area (Å²) >= 11 is 0. The number of hydrogen-bond donors (Lipinski definition) is 2. The van der Waals surface area contributed by atoms with E-state index in [0.29, 0.717) is 32.7 Å². The second-order valence-electron chi connectivity index (χ2n) is 10.7. The fourth-order valence-electron chi connectivity index (χ4n) is 6.02. The first-order valence-corrected chi connectivity index (χ1v) is 13.9. The molecule has 226 valence electrons. The molecule has 0 radical (unpaired) electrons. The third-order valence-electron chi connectivity index (χ3n) is 8.14. The largest absolute Gasteiger partial charge is 0.496 e. The van der Waals surface area contributed by atoms with E-state index < -0.39 is 23.5 Å². The third-order valence-corrected chi connectivity index (χ3v) is 8.14. The maximum absolute atomic E-state index is 13.4. The Morgan fingerprint density at radius 1 is 0.905 bits per heavy atom. The van der Waals surface area contributed by atoms with Gasteiger partial charge in [-0.1, -0.05) is 18.2 Å². The number of H-pyrrole nitrogens is 1. The van der Waals surface area contributed by atoms with Gasteiger partial charge in [0.2, 0.25) is 0 Å². The predicted octanol–water partition coefficient (Wildman–Crippen LogP) is 5.22. The zero-order chi connectivity index (χ0) is 30.2. The van der Waals surface area contributed by atoms with Crippen LogP contribution in [0.25, 0.3) is 12.2 Å². The van der Waals surface area contributed by atoms with Gasteiger partial charge in [0.15, 0.2) is 0 Å². The lowest BCUT2D eigenvalue weighted by Crippen LogP contribution is -2.46. The van der Waals surface area contributed by atoms with Gasteiger partial charge < -0.3 is 19.9 Å². The minimum atomic E-state index is -4.87. The zero-order valence-corrected chi connectivity index (χ0v) is 23.7. The first kappa shape index (κ1) is 30.0. The molecule has 0 bridgehead atoms. The molecule has 0 saturated carbocycles. The van der Waals surface area contributed by atoms with Crippen LogP contribution < -0.4 is 25.5 Å². The summed E-state index contributed by atoms with van der Waals surface area (Å²) < 4.78 is 85.9. The number of nitrogens with one attached hydrogen (secondary N) is 2. The number of hydrogen-bond acceptors (Lipinski definition) is 4. The standard InChI is InChI=1S/C31H34F6N4O/c1-4-24-25-8-9-38-28(29(25)39-26(24)5-2)19-6-7-27(42-3)20(14-19)18-40-10-12-41(13-11-40)23-16-21(30(32,33)34)15-22(17-23)31(35,36)37/h4-7,14-17,28,38-39H,8-13,18H2,1-3H3/b24-4-,26-5+. The molecule has 1 fully saturated rings. The van der Waals surface area contributed by atoms with Crippen molar-refractivity contribution in [2.24, 2.45) is 0 Å². The highest BCUT2D eigenvalue weighted by Crippen LogP contribution is 2.39. The van der Waals surface area contributed by atoms with E-state index in [1.807, 2.05) is 26.0 Å². The van der Waals surface area contributed by atoms with E-state index in [1.54, 1.807) is 12.0 Å². The van der Waals surface area contributed by atoms with E-state index in [4.69, 9.17) is 4.74 Å². The Bertz CT molecular complexity index is 1520. The van der Waals surface area contributed by atoms with Gasteiger partial charge >= 0.3 is 12.4 Å². The molecule has 0 spiro atoms.